The molecule has 0 saturated heterocycles. The summed E-state index contributed by atoms with van der Waals surface area (Å²) < 4.78 is 15.9. The molecule has 1 N–H and O–H groups in total. The van der Waals surface area contributed by atoms with Crippen LogP contribution in [0, 0.1) is 23.2 Å². The number of aromatic nitrogens is 2. The molecule has 0 aliphatic heterocycles. The highest BCUT2D eigenvalue weighted by Crippen LogP contribution is 2.27. The first-order valence-electron chi connectivity index (χ1n) is 6.12. The van der Waals surface area contributed by atoms with Gasteiger partial charge in [0.05, 0.1) is 11.7 Å². The fourth-order valence-electron chi connectivity index (χ4n) is 2.33. The maximum atomic E-state index is 13.1. The molecule has 1 aromatic carbocycles. The molecule has 0 spiro atoms. The molecule has 0 saturated carbocycles. The predicted octanol–water partition coefficient (Wildman–Crippen LogP) is 3.95. The van der Waals surface area contributed by atoms with Gasteiger partial charge < -0.3 is 5.32 Å². The summed E-state index contributed by atoms with van der Waals surface area (Å²) in [6.45, 7) is 6.16. The van der Waals surface area contributed by atoms with Crippen LogP contribution >= 0.6 is 22.6 Å². The lowest BCUT2D eigenvalue weighted by molar-refractivity contribution is 0.627. The van der Waals surface area contributed by atoms with E-state index in [0.717, 1.165) is 20.6 Å². The molecular weight excluding hydrogens is 356 g/mol. The normalized spacial score (nSPS) is 12.5. The first-order chi connectivity index (χ1) is 8.90. The van der Waals surface area contributed by atoms with E-state index in [2.05, 4.69) is 46.9 Å². The Morgan fingerprint density at radius 1 is 1.37 bits per heavy atom. The van der Waals surface area contributed by atoms with Crippen LogP contribution in [0.2, 0.25) is 0 Å². The molecule has 1 unspecified atom stereocenters. The quantitative estimate of drug-likeness (QED) is 0.826. The van der Waals surface area contributed by atoms with Gasteiger partial charge in [0.15, 0.2) is 0 Å². The maximum Gasteiger partial charge on any atom is 0.124 e. The minimum absolute atomic E-state index is 0.132. The number of nitrogens with one attached hydrogen (secondary N) is 1. The summed E-state index contributed by atoms with van der Waals surface area (Å²) in [5.41, 5.74) is 4.31. The fraction of sp³-hybridized carbons (Fsp3) is 0.357. The average molecular weight is 373 g/mol. The summed E-state index contributed by atoms with van der Waals surface area (Å²) >= 11 is 2.14. The second kappa shape index (κ2) is 5.48. The van der Waals surface area contributed by atoms with Crippen LogP contribution in [0.25, 0.3) is 0 Å². The summed E-state index contributed by atoms with van der Waals surface area (Å²) in [6, 6.07) is 4.90. The highest BCUT2D eigenvalue weighted by Gasteiger charge is 2.16. The lowest BCUT2D eigenvalue weighted by Crippen LogP contribution is -2.10. The van der Waals surface area contributed by atoms with E-state index in [1.54, 1.807) is 6.07 Å². The van der Waals surface area contributed by atoms with Crippen LogP contribution in [0.4, 0.5) is 10.1 Å². The Morgan fingerprint density at radius 2 is 2.05 bits per heavy atom. The lowest BCUT2D eigenvalue weighted by atomic mass is 10.1. The van der Waals surface area contributed by atoms with Crippen LogP contribution in [-0.2, 0) is 7.05 Å². The van der Waals surface area contributed by atoms with E-state index < -0.39 is 0 Å². The minimum Gasteiger partial charge on any atom is -0.378 e. The third kappa shape index (κ3) is 2.91. The maximum absolute atomic E-state index is 13.1. The van der Waals surface area contributed by atoms with Gasteiger partial charge in [-0.05, 0) is 61.6 Å². The number of benzene rings is 1. The lowest BCUT2D eigenvalue weighted by Gasteiger charge is -2.17. The summed E-state index contributed by atoms with van der Waals surface area (Å²) in [5.74, 6) is -0.212. The molecule has 1 heterocycles. The van der Waals surface area contributed by atoms with Crippen LogP contribution in [0.3, 0.4) is 0 Å². The highest BCUT2D eigenvalue weighted by molar-refractivity contribution is 14.1. The molecule has 1 atom stereocenters. The van der Waals surface area contributed by atoms with Crippen molar-refractivity contribution < 1.29 is 4.39 Å². The molecule has 0 bridgehead atoms. The van der Waals surface area contributed by atoms with Crippen molar-refractivity contribution in [3.63, 3.8) is 0 Å². The van der Waals surface area contributed by atoms with E-state index in [-0.39, 0.29) is 11.9 Å². The number of anilines is 1. The van der Waals surface area contributed by atoms with Gasteiger partial charge in [-0.1, -0.05) is 0 Å². The van der Waals surface area contributed by atoms with Gasteiger partial charge in [-0.15, -0.1) is 0 Å². The zero-order chi connectivity index (χ0) is 14.2. The van der Waals surface area contributed by atoms with Gasteiger partial charge in [0, 0.05) is 27.6 Å². The Hall–Kier alpha value is -1.11. The van der Waals surface area contributed by atoms with Crippen molar-refractivity contribution in [2.75, 3.05) is 5.32 Å². The largest absolute Gasteiger partial charge is 0.378 e. The van der Waals surface area contributed by atoms with E-state index in [1.165, 1.54) is 17.7 Å². The first-order valence-corrected chi connectivity index (χ1v) is 7.19. The van der Waals surface area contributed by atoms with Crippen LogP contribution in [0.1, 0.15) is 29.9 Å². The van der Waals surface area contributed by atoms with E-state index in [0.29, 0.717) is 0 Å². The van der Waals surface area contributed by atoms with Crippen molar-refractivity contribution in [3.05, 3.63) is 44.5 Å². The zero-order valence-electron chi connectivity index (χ0n) is 11.5. The number of hydrogen-bond acceptors (Lipinski definition) is 2. The van der Waals surface area contributed by atoms with E-state index >= 15 is 0 Å². The smallest absolute Gasteiger partial charge is 0.124 e. The molecule has 3 nitrogen and oxygen atoms in total. The molecule has 0 radical (unpaired) electrons. The van der Waals surface area contributed by atoms with Crippen LogP contribution in [0.15, 0.2) is 18.2 Å². The molecule has 0 aliphatic rings. The number of hydrogen-bond donors (Lipinski definition) is 1. The van der Waals surface area contributed by atoms with Crippen molar-refractivity contribution in [1.29, 1.82) is 0 Å². The molecule has 0 amide bonds. The van der Waals surface area contributed by atoms with Crippen LogP contribution in [0.5, 0.6) is 0 Å². The van der Waals surface area contributed by atoms with Crippen molar-refractivity contribution in [2.24, 2.45) is 7.05 Å². The topological polar surface area (TPSA) is 29.9 Å². The summed E-state index contributed by atoms with van der Waals surface area (Å²) in [7, 11) is 1.94. The van der Waals surface area contributed by atoms with Crippen molar-refractivity contribution >= 4 is 28.3 Å². The fourth-order valence-corrected chi connectivity index (χ4v) is 2.96. The minimum atomic E-state index is -0.212. The standard InChI is InChI=1S/C14H17FIN3/c1-8(14-9(2)18-19(4)10(14)3)17-13-6-5-11(15)7-12(13)16/h5-8,17H,1-4H3. The Kier molecular flexibility index (Phi) is 4.13. The van der Waals surface area contributed by atoms with Gasteiger partial charge >= 0.3 is 0 Å². The van der Waals surface area contributed by atoms with Gasteiger partial charge in [-0.2, -0.15) is 5.10 Å². The average Bonchev–Trinajstić information content (AvgIpc) is 2.57. The van der Waals surface area contributed by atoms with E-state index in [9.17, 15) is 4.39 Å². The molecule has 5 heteroatoms. The predicted molar refractivity (Wildman–Crippen MR) is 83.8 cm³/mol. The first kappa shape index (κ1) is 14.3. The van der Waals surface area contributed by atoms with Crippen molar-refractivity contribution in [3.8, 4) is 0 Å². The third-order valence-electron chi connectivity index (χ3n) is 3.30. The monoisotopic (exact) mass is 373 g/mol. The number of aryl methyl sites for hydroxylation is 2. The molecule has 102 valence electrons. The molecule has 0 fully saturated rings. The van der Waals surface area contributed by atoms with E-state index in [4.69, 9.17) is 0 Å². The van der Waals surface area contributed by atoms with Crippen molar-refractivity contribution in [2.45, 2.75) is 26.8 Å². The van der Waals surface area contributed by atoms with Gasteiger partial charge in [0.25, 0.3) is 0 Å². The number of rotatable bonds is 3. The second-order valence-corrected chi connectivity index (χ2v) is 5.86. The zero-order valence-corrected chi connectivity index (χ0v) is 13.6. The second-order valence-electron chi connectivity index (χ2n) is 4.70. The van der Waals surface area contributed by atoms with Gasteiger partial charge in [-0.25, -0.2) is 4.39 Å². The molecule has 0 aliphatic carbocycles. The molecule has 2 rings (SSSR count). The third-order valence-corrected chi connectivity index (χ3v) is 4.19. The van der Waals surface area contributed by atoms with Crippen LogP contribution in [-0.4, -0.2) is 9.78 Å². The molecule has 2 aromatic rings. The number of halogens is 2. The Labute approximate surface area is 126 Å². The summed E-state index contributed by atoms with van der Waals surface area (Å²) in [6.07, 6.45) is 0. The SMILES string of the molecule is Cc1nn(C)c(C)c1C(C)Nc1ccc(F)cc1I. The summed E-state index contributed by atoms with van der Waals surface area (Å²) in [5, 5.41) is 7.85. The highest BCUT2D eigenvalue weighted by atomic mass is 127. The molecular formula is C14H17FIN3. The molecule has 19 heavy (non-hydrogen) atoms. The number of nitrogens with zero attached hydrogens (tertiary/aromatic N) is 2. The van der Waals surface area contributed by atoms with Crippen molar-refractivity contribution in [1.82, 2.24) is 9.78 Å². The Morgan fingerprint density at radius 3 is 2.58 bits per heavy atom. The van der Waals surface area contributed by atoms with Gasteiger partial charge in [0.2, 0.25) is 0 Å². The summed E-state index contributed by atoms with van der Waals surface area (Å²) in [4.78, 5) is 0. The van der Waals surface area contributed by atoms with Gasteiger partial charge in [-0.3, -0.25) is 4.68 Å². The van der Waals surface area contributed by atoms with E-state index in [1.807, 2.05) is 18.7 Å². The van der Waals surface area contributed by atoms with Gasteiger partial charge in [0.1, 0.15) is 5.82 Å². The van der Waals surface area contributed by atoms with Crippen LogP contribution < -0.4 is 5.32 Å². The Balaban J connectivity index is 2.28. The molecule has 1 aromatic heterocycles. The Bertz CT molecular complexity index is 607.